The van der Waals surface area contributed by atoms with E-state index in [1.807, 2.05) is 44.2 Å². The number of amides is 1. The number of carbonyl (C=O) groups is 1. The van der Waals surface area contributed by atoms with Gasteiger partial charge in [-0.05, 0) is 43.0 Å². The third-order valence-corrected chi connectivity index (χ3v) is 4.17. The molecule has 0 saturated heterocycles. The van der Waals surface area contributed by atoms with Crippen LogP contribution in [0.1, 0.15) is 29.2 Å². The quantitative estimate of drug-likeness (QED) is 0.752. The van der Waals surface area contributed by atoms with E-state index in [9.17, 15) is 4.79 Å². The van der Waals surface area contributed by atoms with Crippen molar-refractivity contribution in [2.75, 3.05) is 5.32 Å². The van der Waals surface area contributed by atoms with Crippen LogP contribution in [0.5, 0.6) is 0 Å². The van der Waals surface area contributed by atoms with E-state index in [2.05, 4.69) is 18.3 Å². The average molecular weight is 307 g/mol. The molecule has 0 spiro atoms. The third kappa shape index (κ3) is 3.14. The highest BCUT2D eigenvalue weighted by atomic mass is 16.3. The summed E-state index contributed by atoms with van der Waals surface area (Å²) in [6.45, 7) is 6.14. The topological polar surface area (TPSA) is 42.2 Å². The van der Waals surface area contributed by atoms with Crippen molar-refractivity contribution in [3.05, 3.63) is 64.9 Å². The minimum Gasteiger partial charge on any atom is -0.464 e. The minimum absolute atomic E-state index is 0.0164. The minimum atomic E-state index is -0.0164. The Labute approximate surface area is 136 Å². The van der Waals surface area contributed by atoms with Gasteiger partial charge in [-0.3, -0.25) is 4.79 Å². The predicted molar refractivity (Wildman–Crippen MR) is 93.8 cm³/mol. The number of anilines is 1. The third-order valence-electron chi connectivity index (χ3n) is 4.17. The Hall–Kier alpha value is -2.55. The van der Waals surface area contributed by atoms with E-state index in [4.69, 9.17) is 4.42 Å². The summed E-state index contributed by atoms with van der Waals surface area (Å²) < 4.78 is 5.57. The molecule has 118 valence electrons. The smallest absolute Gasteiger partial charge is 0.228 e. The van der Waals surface area contributed by atoms with Crippen molar-refractivity contribution in [1.29, 1.82) is 0 Å². The Bertz CT molecular complexity index is 861. The lowest BCUT2D eigenvalue weighted by molar-refractivity contribution is -0.115. The molecule has 2 aromatic carbocycles. The van der Waals surface area contributed by atoms with Crippen LogP contribution < -0.4 is 5.32 Å². The summed E-state index contributed by atoms with van der Waals surface area (Å²) in [7, 11) is 0. The molecule has 0 saturated carbocycles. The van der Waals surface area contributed by atoms with E-state index in [0.717, 1.165) is 45.3 Å². The number of fused-ring (bicyclic) bond motifs is 1. The van der Waals surface area contributed by atoms with Gasteiger partial charge in [0.2, 0.25) is 5.91 Å². The van der Waals surface area contributed by atoms with Gasteiger partial charge >= 0.3 is 0 Å². The van der Waals surface area contributed by atoms with Crippen molar-refractivity contribution in [1.82, 2.24) is 0 Å². The molecule has 3 nitrogen and oxygen atoms in total. The van der Waals surface area contributed by atoms with Crippen LogP contribution in [0.2, 0.25) is 0 Å². The Morgan fingerprint density at radius 1 is 1.13 bits per heavy atom. The number of rotatable bonds is 4. The molecular formula is C20H21NO2. The van der Waals surface area contributed by atoms with Crippen LogP contribution in [0, 0.1) is 13.8 Å². The molecule has 3 heteroatoms. The molecule has 0 fully saturated rings. The fourth-order valence-electron chi connectivity index (χ4n) is 2.89. The molecule has 1 amide bonds. The van der Waals surface area contributed by atoms with Gasteiger partial charge in [-0.2, -0.15) is 0 Å². The van der Waals surface area contributed by atoms with Gasteiger partial charge in [-0.15, -0.1) is 0 Å². The van der Waals surface area contributed by atoms with Crippen molar-refractivity contribution in [2.45, 2.75) is 33.6 Å². The Kier molecular flexibility index (Phi) is 4.20. The van der Waals surface area contributed by atoms with Crippen LogP contribution in [-0.2, 0) is 17.6 Å². The molecule has 0 aliphatic heterocycles. The molecule has 1 N–H and O–H groups in total. The summed E-state index contributed by atoms with van der Waals surface area (Å²) in [6.07, 6.45) is 2.89. The summed E-state index contributed by atoms with van der Waals surface area (Å²) in [4.78, 5) is 12.5. The second-order valence-corrected chi connectivity index (χ2v) is 5.95. The van der Waals surface area contributed by atoms with Gasteiger partial charge in [0.05, 0.1) is 12.7 Å². The number of benzene rings is 2. The van der Waals surface area contributed by atoms with E-state index in [-0.39, 0.29) is 5.91 Å². The fourth-order valence-corrected chi connectivity index (χ4v) is 2.89. The first-order valence-corrected chi connectivity index (χ1v) is 7.93. The molecule has 23 heavy (non-hydrogen) atoms. The monoisotopic (exact) mass is 307 g/mol. The zero-order chi connectivity index (χ0) is 16.4. The fraction of sp³-hybridized carbons (Fsp3) is 0.250. The maximum Gasteiger partial charge on any atom is 0.228 e. The van der Waals surface area contributed by atoms with Crippen molar-refractivity contribution < 1.29 is 9.21 Å². The summed E-state index contributed by atoms with van der Waals surface area (Å²) >= 11 is 0. The highest BCUT2D eigenvalue weighted by Gasteiger charge is 2.13. The van der Waals surface area contributed by atoms with Gasteiger partial charge in [-0.25, -0.2) is 0 Å². The molecule has 0 aliphatic carbocycles. The lowest BCUT2D eigenvalue weighted by Gasteiger charge is -2.12. The van der Waals surface area contributed by atoms with Crippen LogP contribution in [0.25, 0.3) is 11.0 Å². The summed E-state index contributed by atoms with van der Waals surface area (Å²) in [5.74, 6) is -0.0164. The molecule has 0 radical (unpaired) electrons. The number of nitrogens with one attached hydrogen (secondary N) is 1. The zero-order valence-corrected chi connectivity index (χ0v) is 13.8. The predicted octanol–water partition coefficient (Wildman–Crippen LogP) is 4.79. The largest absolute Gasteiger partial charge is 0.464 e. The van der Waals surface area contributed by atoms with Crippen molar-refractivity contribution >= 4 is 22.6 Å². The van der Waals surface area contributed by atoms with E-state index in [1.165, 1.54) is 0 Å². The van der Waals surface area contributed by atoms with E-state index < -0.39 is 0 Å². The van der Waals surface area contributed by atoms with Crippen LogP contribution in [0.3, 0.4) is 0 Å². The SMILES string of the molecule is CCc1cccc(C)c1NC(=O)Cc1coc2cc(C)ccc12. The second kappa shape index (κ2) is 6.29. The normalized spacial score (nSPS) is 10.9. The molecule has 0 unspecified atom stereocenters. The van der Waals surface area contributed by atoms with E-state index in [0.29, 0.717) is 6.42 Å². The second-order valence-electron chi connectivity index (χ2n) is 5.95. The van der Waals surface area contributed by atoms with Gasteiger partial charge in [0.1, 0.15) is 5.58 Å². The first-order chi connectivity index (χ1) is 11.1. The Morgan fingerprint density at radius 2 is 1.96 bits per heavy atom. The maximum absolute atomic E-state index is 12.5. The lowest BCUT2D eigenvalue weighted by Crippen LogP contribution is -2.16. The van der Waals surface area contributed by atoms with Crippen molar-refractivity contribution in [3.8, 4) is 0 Å². The highest BCUT2D eigenvalue weighted by molar-refractivity contribution is 5.96. The number of hydrogen-bond acceptors (Lipinski definition) is 2. The molecule has 1 aromatic heterocycles. The number of aryl methyl sites for hydroxylation is 3. The molecular weight excluding hydrogens is 286 g/mol. The number of hydrogen-bond donors (Lipinski definition) is 1. The zero-order valence-electron chi connectivity index (χ0n) is 13.8. The first-order valence-electron chi connectivity index (χ1n) is 7.93. The van der Waals surface area contributed by atoms with Gasteiger partial charge in [-0.1, -0.05) is 37.3 Å². The molecule has 0 aliphatic rings. The van der Waals surface area contributed by atoms with Crippen LogP contribution in [0.15, 0.2) is 47.1 Å². The average Bonchev–Trinajstić information content (AvgIpc) is 2.91. The molecule has 1 heterocycles. The Morgan fingerprint density at radius 3 is 2.74 bits per heavy atom. The van der Waals surface area contributed by atoms with Gasteiger partial charge in [0.25, 0.3) is 0 Å². The number of para-hydroxylation sites is 1. The highest BCUT2D eigenvalue weighted by Crippen LogP contribution is 2.24. The maximum atomic E-state index is 12.5. The van der Waals surface area contributed by atoms with Crippen LogP contribution in [0.4, 0.5) is 5.69 Å². The van der Waals surface area contributed by atoms with E-state index >= 15 is 0 Å². The van der Waals surface area contributed by atoms with Gasteiger partial charge in [0.15, 0.2) is 0 Å². The first kappa shape index (κ1) is 15.3. The molecule has 3 rings (SSSR count). The summed E-state index contributed by atoms with van der Waals surface area (Å²) in [5.41, 5.74) is 6.08. The van der Waals surface area contributed by atoms with E-state index in [1.54, 1.807) is 6.26 Å². The van der Waals surface area contributed by atoms with Crippen molar-refractivity contribution in [3.63, 3.8) is 0 Å². The van der Waals surface area contributed by atoms with Gasteiger partial charge in [0, 0.05) is 16.6 Å². The molecule has 0 atom stereocenters. The number of furan rings is 1. The van der Waals surface area contributed by atoms with Gasteiger partial charge < -0.3 is 9.73 Å². The summed E-state index contributed by atoms with van der Waals surface area (Å²) in [6, 6.07) is 12.1. The van der Waals surface area contributed by atoms with Crippen LogP contribution >= 0.6 is 0 Å². The Balaban J connectivity index is 1.82. The standard InChI is InChI=1S/C20H21NO2/c1-4-15-7-5-6-14(3)20(15)21-19(22)11-16-12-23-18-10-13(2)8-9-17(16)18/h5-10,12H,4,11H2,1-3H3,(H,21,22). The molecule has 0 bridgehead atoms. The number of carbonyl (C=O) groups excluding carboxylic acids is 1. The lowest BCUT2D eigenvalue weighted by atomic mass is 10.0. The van der Waals surface area contributed by atoms with Crippen LogP contribution in [-0.4, -0.2) is 5.91 Å². The molecule has 3 aromatic rings. The van der Waals surface area contributed by atoms with Crippen molar-refractivity contribution in [2.24, 2.45) is 0 Å². The summed E-state index contributed by atoms with van der Waals surface area (Å²) in [5, 5.41) is 4.07.